The molecule has 158 valence electrons. The van der Waals surface area contributed by atoms with Crippen LogP contribution in [0.15, 0.2) is 24.3 Å². The predicted octanol–water partition coefficient (Wildman–Crippen LogP) is 4.86. The molecule has 1 heterocycles. The van der Waals surface area contributed by atoms with Crippen LogP contribution in [0.4, 0.5) is 5.69 Å². The van der Waals surface area contributed by atoms with Crippen LogP contribution in [-0.4, -0.2) is 48.8 Å². The number of hydrogen-bond donors (Lipinski definition) is 1. The van der Waals surface area contributed by atoms with Gasteiger partial charge in [-0.1, -0.05) is 26.7 Å². The summed E-state index contributed by atoms with van der Waals surface area (Å²) in [7, 11) is 0. The van der Waals surface area contributed by atoms with E-state index < -0.39 is 5.60 Å². The molecule has 0 aliphatic carbocycles. The molecule has 1 aromatic carbocycles. The number of nitrogens with zero attached hydrogens (tertiary/aromatic N) is 1. The SMILES string of the molecule is CCCO[C@@](C)(CCC)C(=O)Nc1ccc(OCCN2CCCC[C@@H]2C)cc1. The number of nitrogens with one attached hydrogen (secondary N) is 1. The van der Waals surface area contributed by atoms with Crippen LogP contribution < -0.4 is 10.1 Å². The molecule has 0 spiro atoms. The highest BCUT2D eigenvalue weighted by Crippen LogP contribution is 2.23. The number of rotatable bonds is 11. The van der Waals surface area contributed by atoms with E-state index in [4.69, 9.17) is 9.47 Å². The van der Waals surface area contributed by atoms with Gasteiger partial charge in [0.2, 0.25) is 0 Å². The Morgan fingerprint density at radius 3 is 2.57 bits per heavy atom. The first-order chi connectivity index (χ1) is 13.5. The molecule has 1 saturated heterocycles. The van der Waals surface area contributed by atoms with E-state index in [1.54, 1.807) is 0 Å². The molecule has 1 N–H and O–H groups in total. The van der Waals surface area contributed by atoms with Gasteiger partial charge in [0.1, 0.15) is 18.0 Å². The first-order valence-electron chi connectivity index (χ1n) is 10.9. The number of amides is 1. The number of piperidine rings is 1. The number of ether oxygens (including phenoxy) is 2. The molecule has 5 nitrogen and oxygen atoms in total. The van der Waals surface area contributed by atoms with Gasteiger partial charge in [-0.25, -0.2) is 0 Å². The average Bonchev–Trinajstić information content (AvgIpc) is 2.69. The molecule has 0 saturated carbocycles. The maximum absolute atomic E-state index is 12.7. The second-order valence-electron chi connectivity index (χ2n) is 8.04. The molecule has 0 bridgehead atoms. The van der Waals surface area contributed by atoms with Crippen molar-refractivity contribution >= 4 is 11.6 Å². The Balaban J connectivity index is 1.83. The van der Waals surface area contributed by atoms with Crippen LogP contribution in [0, 0.1) is 0 Å². The summed E-state index contributed by atoms with van der Waals surface area (Å²) in [5.74, 6) is 0.747. The first kappa shape index (κ1) is 22.7. The Bertz CT molecular complexity index is 590. The van der Waals surface area contributed by atoms with Crippen molar-refractivity contribution in [2.45, 2.75) is 77.9 Å². The van der Waals surface area contributed by atoms with Gasteiger partial charge in [-0.2, -0.15) is 0 Å². The minimum Gasteiger partial charge on any atom is -0.492 e. The summed E-state index contributed by atoms with van der Waals surface area (Å²) in [6, 6.07) is 8.27. The highest BCUT2D eigenvalue weighted by molar-refractivity contribution is 5.97. The van der Waals surface area contributed by atoms with Crippen LogP contribution in [0.5, 0.6) is 5.75 Å². The number of likely N-dealkylation sites (tertiary alicyclic amines) is 1. The second kappa shape index (κ2) is 11.4. The van der Waals surface area contributed by atoms with E-state index >= 15 is 0 Å². The normalized spacial score (nSPS) is 19.8. The van der Waals surface area contributed by atoms with Crippen molar-refractivity contribution in [1.82, 2.24) is 4.90 Å². The Kier molecular flexibility index (Phi) is 9.26. The third-order valence-corrected chi connectivity index (χ3v) is 5.53. The summed E-state index contributed by atoms with van der Waals surface area (Å²) in [4.78, 5) is 15.2. The number of hydrogen-bond acceptors (Lipinski definition) is 4. The largest absolute Gasteiger partial charge is 0.492 e. The van der Waals surface area contributed by atoms with Gasteiger partial charge in [0.25, 0.3) is 5.91 Å². The van der Waals surface area contributed by atoms with Crippen molar-refractivity contribution in [2.75, 3.05) is 31.6 Å². The summed E-state index contributed by atoms with van der Waals surface area (Å²) in [6.45, 7) is 11.7. The van der Waals surface area contributed by atoms with Crippen molar-refractivity contribution in [3.63, 3.8) is 0 Å². The molecule has 28 heavy (non-hydrogen) atoms. The Hall–Kier alpha value is -1.59. The standard InChI is InChI=1S/C23H38N2O3/c1-5-14-23(4,28-17-6-2)22(26)24-20-10-12-21(13-11-20)27-18-16-25-15-8-7-9-19(25)3/h10-13,19H,5-9,14-18H2,1-4H3,(H,24,26)/t19-,23-/m0/s1. The first-order valence-corrected chi connectivity index (χ1v) is 10.9. The highest BCUT2D eigenvalue weighted by atomic mass is 16.5. The van der Waals surface area contributed by atoms with Crippen LogP contribution in [-0.2, 0) is 9.53 Å². The molecule has 2 atom stereocenters. The van der Waals surface area contributed by atoms with Crippen LogP contribution in [0.1, 0.15) is 66.2 Å². The molecule has 0 unspecified atom stereocenters. The number of carbonyl (C=O) groups is 1. The van der Waals surface area contributed by atoms with Crippen molar-refractivity contribution in [3.05, 3.63) is 24.3 Å². The minimum absolute atomic E-state index is 0.0874. The Labute approximate surface area is 170 Å². The molecule has 1 aromatic rings. The van der Waals surface area contributed by atoms with Crippen molar-refractivity contribution in [3.8, 4) is 5.75 Å². The lowest BCUT2D eigenvalue weighted by Gasteiger charge is -2.33. The molecule has 0 radical (unpaired) electrons. The maximum atomic E-state index is 12.7. The monoisotopic (exact) mass is 390 g/mol. The fourth-order valence-corrected chi connectivity index (χ4v) is 3.72. The lowest BCUT2D eigenvalue weighted by atomic mass is 9.99. The fourth-order valence-electron chi connectivity index (χ4n) is 3.72. The van der Waals surface area contributed by atoms with E-state index in [-0.39, 0.29) is 5.91 Å². The number of carbonyl (C=O) groups excluding carboxylic acids is 1. The lowest BCUT2D eigenvalue weighted by Crippen LogP contribution is -2.43. The van der Waals surface area contributed by atoms with Gasteiger partial charge in [0.05, 0.1) is 0 Å². The number of benzene rings is 1. The van der Waals surface area contributed by atoms with E-state index in [1.165, 1.54) is 25.8 Å². The van der Waals surface area contributed by atoms with Gasteiger partial charge >= 0.3 is 0 Å². The summed E-state index contributed by atoms with van der Waals surface area (Å²) in [6.07, 6.45) is 6.41. The summed E-state index contributed by atoms with van der Waals surface area (Å²) in [5, 5.41) is 2.99. The molecular weight excluding hydrogens is 352 g/mol. The van der Waals surface area contributed by atoms with Crippen LogP contribution >= 0.6 is 0 Å². The summed E-state index contributed by atoms with van der Waals surface area (Å²) >= 11 is 0. The molecule has 2 rings (SSSR count). The van der Waals surface area contributed by atoms with Gasteiger partial charge in [-0.3, -0.25) is 9.69 Å². The second-order valence-corrected chi connectivity index (χ2v) is 8.04. The van der Waals surface area contributed by atoms with E-state index in [0.29, 0.717) is 25.7 Å². The van der Waals surface area contributed by atoms with Crippen molar-refractivity contribution in [1.29, 1.82) is 0 Å². The van der Waals surface area contributed by atoms with Crippen LogP contribution in [0.25, 0.3) is 0 Å². The van der Waals surface area contributed by atoms with Gasteiger partial charge in [-0.05, 0) is 70.3 Å². The van der Waals surface area contributed by atoms with Crippen molar-refractivity contribution in [2.24, 2.45) is 0 Å². The molecule has 5 heteroatoms. The van der Waals surface area contributed by atoms with E-state index in [1.807, 2.05) is 31.2 Å². The Morgan fingerprint density at radius 2 is 1.93 bits per heavy atom. The predicted molar refractivity (Wildman–Crippen MR) is 115 cm³/mol. The highest BCUT2D eigenvalue weighted by Gasteiger charge is 2.33. The minimum atomic E-state index is -0.787. The van der Waals surface area contributed by atoms with Crippen molar-refractivity contribution < 1.29 is 14.3 Å². The number of anilines is 1. The molecule has 0 aromatic heterocycles. The van der Waals surface area contributed by atoms with Gasteiger partial charge in [0, 0.05) is 24.9 Å². The Morgan fingerprint density at radius 1 is 1.18 bits per heavy atom. The molecule has 1 aliphatic rings. The third kappa shape index (κ3) is 6.78. The maximum Gasteiger partial charge on any atom is 0.256 e. The third-order valence-electron chi connectivity index (χ3n) is 5.53. The van der Waals surface area contributed by atoms with E-state index in [0.717, 1.165) is 30.8 Å². The van der Waals surface area contributed by atoms with Gasteiger partial charge in [0.15, 0.2) is 0 Å². The smallest absolute Gasteiger partial charge is 0.256 e. The zero-order valence-electron chi connectivity index (χ0n) is 18.1. The fraction of sp³-hybridized carbons (Fsp3) is 0.696. The molecular formula is C23H38N2O3. The van der Waals surface area contributed by atoms with Crippen LogP contribution in [0.2, 0.25) is 0 Å². The average molecular weight is 391 g/mol. The topological polar surface area (TPSA) is 50.8 Å². The quantitative estimate of drug-likeness (QED) is 0.586. The van der Waals surface area contributed by atoms with E-state index in [9.17, 15) is 4.79 Å². The zero-order valence-corrected chi connectivity index (χ0v) is 18.1. The zero-order chi connectivity index (χ0) is 20.4. The van der Waals surface area contributed by atoms with Crippen LogP contribution in [0.3, 0.4) is 0 Å². The summed E-state index contributed by atoms with van der Waals surface area (Å²) in [5.41, 5.74) is -0.0186. The summed E-state index contributed by atoms with van der Waals surface area (Å²) < 4.78 is 11.8. The van der Waals surface area contributed by atoms with Gasteiger partial charge < -0.3 is 14.8 Å². The lowest BCUT2D eigenvalue weighted by molar-refractivity contribution is -0.140. The molecule has 1 fully saturated rings. The molecule has 1 amide bonds. The van der Waals surface area contributed by atoms with E-state index in [2.05, 4.69) is 31.0 Å². The molecule has 1 aliphatic heterocycles. The van der Waals surface area contributed by atoms with Gasteiger partial charge in [-0.15, -0.1) is 0 Å².